The first-order chi connectivity index (χ1) is 9.78. The highest BCUT2D eigenvalue weighted by atomic mass is 16.5. The van der Waals surface area contributed by atoms with Gasteiger partial charge in [0, 0.05) is 18.7 Å². The molecule has 1 aromatic heterocycles. The number of nitrogens with zero attached hydrogens (tertiary/aromatic N) is 3. The summed E-state index contributed by atoms with van der Waals surface area (Å²) in [5.41, 5.74) is 1.19. The molecule has 106 valence electrons. The van der Waals surface area contributed by atoms with Crippen LogP contribution in [0.4, 0.5) is 0 Å². The standard InChI is InChI=1S/C14H18N4O2/c1-3-15-12-7-20-13-6-10(4-5-11(12)13)19-8-14-17-16-9-18(14)2/h4-6,9,12,15H,3,7-8H2,1-2H3. The van der Waals surface area contributed by atoms with Crippen molar-refractivity contribution in [3.63, 3.8) is 0 Å². The van der Waals surface area contributed by atoms with Crippen LogP contribution < -0.4 is 14.8 Å². The molecule has 20 heavy (non-hydrogen) atoms. The maximum atomic E-state index is 5.73. The number of hydrogen-bond donors (Lipinski definition) is 1. The molecule has 1 atom stereocenters. The minimum Gasteiger partial charge on any atom is -0.491 e. The van der Waals surface area contributed by atoms with Crippen molar-refractivity contribution in [3.8, 4) is 11.5 Å². The van der Waals surface area contributed by atoms with E-state index < -0.39 is 0 Å². The fourth-order valence-electron chi connectivity index (χ4n) is 2.28. The Morgan fingerprint density at radius 3 is 3.15 bits per heavy atom. The summed E-state index contributed by atoms with van der Waals surface area (Å²) in [5, 5.41) is 11.2. The molecule has 0 spiro atoms. The Labute approximate surface area is 117 Å². The molecule has 2 heterocycles. The molecule has 1 N–H and O–H groups in total. The van der Waals surface area contributed by atoms with Gasteiger partial charge in [-0.15, -0.1) is 10.2 Å². The van der Waals surface area contributed by atoms with Gasteiger partial charge in [0.05, 0.1) is 6.04 Å². The molecule has 1 aliphatic heterocycles. The van der Waals surface area contributed by atoms with Crippen molar-refractivity contribution >= 4 is 0 Å². The van der Waals surface area contributed by atoms with E-state index in [0.29, 0.717) is 13.2 Å². The van der Waals surface area contributed by atoms with Gasteiger partial charge >= 0.3 is 0 Å². The number of hydrogen-bond acceptors (Lipinski definition) is 5. The molecule has 0 fully saturated rings. The number of fused-ring (bicyclic) bond motifs is 1. The maximum absolute atomic E-state index is 5.73. The lowest BCUT2D eigenvalue weighted by Gasteiger charge is -2.10. The molecule has 2 aromatic rings. The molecule has 1 unspecified atom stereocenters. The Kier molecular flexibility index (Phi) is 3.56. The summed E-state index contributed by atoms with van der Waals surface area (Å²) in [6, 6.07) is 6.24. The Hall–Kier alpha value is -2.08. The van der Waals surface area contributed by atoms with Crippen LogP contribution in [0, 0.1) is 0 Å². The van der Waals surface area contributed by atoms with Gasteiger partial charge in [0.25, 0.3) is 0 Å². The number of rotatable bonds is 5. The zero-order chi connectivity index (χ0) is 13.9. The monoisotopic (exact) mass is 274 g/mol. The van der Waals surface area contributed by atoms with Crippen molar-refractivity contribution in [2.45, 2.75) is 19.6 Å². The molecule has 3 rings (SSSR count). The lowest BCUT2D eigenvalue weighted by Crippen LogP contribution is -2.21. The predicted octanol–water partition coefficient (Wildman–Crippen LogP) is 1.44. The van der Waals surface area contributed by atoms with Crippen molar-refractivity contribution in [2.75, 3.05) is 13.2 Å². The second-order valence-corrected chi connectivity index (χ2v) is 4.77. The average Bonchev–Trinajstić information content (AvgIpc) is 3.04. The van der Waals surface area contributed by atoms with E-state index >= 15 is 0 Å². The van der Waals surface area contributed by atoms with Crippen LogP contribution in [0.3, 0.4) is 0 Å². The first-order valence-corrected chi connectivity index (χ1v) is 6.73. The van der Waals surface area contributed by atoms with Crippen LogP contribution >= 0.6 is 0 Å². The summed E-state index contributed by atoms with van der Waals surface area (Å²) < 4.78 is 13.3. The summed E-state index contributed by atoms with van der Waals surface area (Å²) in [7, 11) is 1.89. The highest BCUT2D eigenvalue weighted by Crippen LogP contribution is 2.35. The van der Waals surface area contributed by atoms with Gasteiger partial charge in [0.2, 0.25) is 0 Å². The van der Waals surface area contributed by atoms with E-state index in [0.717, 1.165) is 23.9 Å². The van der Waals surface area contributed by atoms with Crippen LogP contribution in [0.25, 0.3) is 0 Å². The van der Waals surface area contributed by atoms with E-state index in [9.17, 15) is 0 Å². The number of likely N-dealkylation sites (N-methyl/N-ethyl adjacent to an activating group) is 1. The molecule has 6 heteroatoms. The quantitative estimate of drug-likeness (QED) is 0.894. The van der Waals surface area contributed by atoms with Gasteiger partial charge < -0.3 is 19.4 Å². The Morgan fingerprint density at radius 2 is 2.40 bits per heavy atom. The largest absolute Gasteiger partial charge is 0.491 e. The maximum Gasteiger partial charge on any atom is 0.170 e. The number of benzene rings is 1. The second-order valence-electron chi connectivity index (χ2n) is 4.77. The third-order valence-corrected chi connectivity index (χ3v) is 3.39. The highest BCUT2D eigenvalue weighted by molar-refractivity contribution is 5.45. The predicted molar refractivity (Wildman–Crippen MR) is 73.7 cm³/mol. The Balaban J connectivity index is 1.69. The summed E-state index contributed by atoms with van der Waals surface area (Å²) in [4.78, 5) is 0. The van der Waals surface area contributed by atoms with Gasteiger partial charge in [-0.1, -0.05) is 6.92 Å². The number of aryl methyl sites for hydroxylation is 1. The normalized spacial score (nSPS) is 16.8. The van der Waals surface area contributed by atoms with E-state index in [1.165, 1.54) is 5.56 Å². The number of ether oxygens (including phenoxy) is 2. The summed E-state index contributed by atoms with van der Waals surface area (Å²) in [6.45, 7) is 4.09. The fourth-order valence-corrected chi connectivity index (χ4v) is 2.28. The first-order valence-electron chi connectivity index (χ1n) is 6.73. The minimum absolute atomic E-state index is 0.280. The van der Waals surface area contributed by atoms with Crippen molar-refractivity contribution in [1.29, 1.82) is 0 Å². The van der Waals surface area contributed by atoms with Gasteiger partial charge in [0.1, 0.15) is 31.0 Å². The molecular formula is C14H18N4O2. The van der Waals surface area contributed by atoms with Gasteiger partial charge in [-0.3, -0.25) is 0 Å². The lowest BCUT2D eigenvalue weighted by molar-refractivity contribution is 0.286. The average molecular weight is 274 g/mol. The number of nitrogens with one attached hydrogen (secondary N) is 1. The second kappa shape index (κ2) is 5.50. The zero-order valence-corrected chi connectivity index (χ0v) is 11.7. The van der Waals surface area contributed by atoms with Crippen molar-refractivity contribution in [3.05, 3.63) is 35.9 Å². The van der Waals surface area contributed by atoms with Gasteiger partial charge in [-0.25, -0.2) is 0 Å². The van der Waals surface area contributed by atoms with Crippen LogP contribution in [0.2, 0.25) is 0 Å². The summed E-state index contributed by atoms with van der Waals surface area (Å²) in [5.74, 6) is 2.47. The Bertz CT molecular complexity index is 597. The van der Waals surface area contributed by atoms with Crippen LogP contribution in [0.5, 0.6) is 11.5 Å². The first kappa shape index (κ1) is 12.9. The molecule has 1 aromatic carbocycles. The highest BCUT2D eigenvalue weighted by Gasteiger charge is 2.23. The third kappa shape index (κ3) is 2.46. The van der Waals surface area contributed by atoms with Crippen molar-refractivity contribution in [1.82, 2.24) is 20.1 Å². The van der Waals surface area contributed by atoms with E-state index in [-0.39, 0.29) is 6.04 Å². The molecule has 0 radical (unpaired) electrons. The molecule has 0 amide bonds. The molecule has 0 bridgehead atoms. The van der Waals surface area contributed by atoms with E-state index in [1.807, 2.05) is 23.7 Å². The van der Waals surface area contributed by atoms with Crippen molar-refractivity contribution in [2.24, 2.45) is 7.05 Å². The van der Waals surface area contributed by atoms with Crippen molar-refractivity contribution < 1.29 is 9.47 Å². The minimum atomic E-state index is 0.280. The molecule has 0 saturated carbocycles. The van der Waals surface area contributed by atoms with Crippen LogP contribution in [0.15, 0.2) is 24.5 Å². The lowest BCUT2D eigenvalue weighted by atomic mass is 10.1. The zero-order valence-electron chi connectivity index (χ0n) is 11.7. The molecule has 1 aliphatic rings. The van der Waals surface area contributed by atoms with E-state index in [2.05, 4.69) is 28.5 Å². The van der Waals surface area contributed by atoms with E-state index in [1.54, 1.807) is 6.33 Å². The SMILES string of the molecule is CCNC1COc2cc(OCc3nncn3C)ccc21. The fraction of sp³-hybridized carbons (Fsp3) is 0.429. The Morgan fingerprint density at radius 1 is 1.50 bits per heavy atom. The van der Waals surface area contributed by atoms with Crippen LogP contribution in [0.1, 0.15) is 24.4 Å². The molecule has 0 saturated heterocycles. The van der Waals surface area contributed by atoms with Crippen LogP contribution in [-0.4, -0.2) is 27.9 Å². The third-order valence-electron chi connectivity index (χ3n) is 3.39. The van der Waals surface area contributed by atoms with Gasteiger partial charge in [-0.2, -0.15) is 0 Å². The molecule has 6 nitrogen and oxygen atoms in total. The summed E-state index contributed by atoms with van der Waals surface area (Å²) in [6.07, 6.45) is 1.66. The smallest absolute Gasteiger partial charge is 0.170 e. The van der Waals surface area contributed by atoms with E-state index in [4.69, 9.17) is 9.47 Å². The summed E-state index contributed by atoms with van der Waals surface area (Å²) >= 11 is 0. The van der Waals surface area contributed by atoms with Crippen LogP contribution in [-0.2, 0) is 13.7 Å². The van der Waals surface area contributed by atoms with Gasteiger partial charge in [0.15, 0.2) is 5.82 Å². The molecular weight excluding hydrogens is 256 g/mol. The number of aromatic nitrogens is 3. The topological polar surface area (TPSA) is 61.2 Å². The molecule has 0 aliphatic carbocycles. The van der Waals surface area contributed by atoms with Gasteiger partial charge in [-0.05, 0) is 18.7 Å².